The zero-order valence-corrected chi connectivity index (χ0v) is 13.7. The Balaban J connectivity index is 2.20. The molecule has 0 saturated carbocycles. The van der Waals surface area contributed by atoms with Crippen molar-refractivity contribution in [2.24, 2.45) is 0 Å². The average molecular weight is 339 g/mol. The van der Waals surface area contributed by atoms with E-state index in [4.69, 9.17) is 5.11 Å². The second kappa shape index (κ2) is 7.04. The van der Waals surface area contributed by atoms with Crippen LogP contribution in [-0.2, 0) is 22.9 Å². The number of aryl methyl sites for hydroxylation is 1. The monoisotopic (exact) mass is 339 g/mol. The molecule has 0 aliphatic rings. The molecule has 1 aromatic heterocycles. The summed E-state index contributed by atoms with van der Waals surface area (Å²) in [4.78, 5) is 12.2. The van der Waals surface area contributed by atoms with Crippen molar-refractivity contribution in [3.63, 3.8) is 0 Å². The van der Waals surface area contributed by atoms with Crippen molar-refractivity contribution in [2.75, 3.05) is 6.54 Å². The van der Waals surface area contributed by atoms with Crippen LogP contribution in [0, 0.1) is 0 Å². The van der Waals surface area contributed by atoms with E-state index in [1.807, 2.05) is 24.4 Å². The summed E-state index contributed by atoms with van der Waals surface area (Å²) in [6.45, 7) is 2.11. The number of carbonyl (C=O) groups is 1. The fourth-order valence-electron chi connectivity index (χ4n) is 2.07. The van der Waals surface area contributed by atoms with Gasteiger partial charge in [-0.25, -0.2) is 17.9 Å². The number of thiophene rings is 1. The van der Waals surface area contributed by atoms with Gasteiger partial charge in [-0.2, -0.15) is 0 Å². The first-order valence-electron chi connectivity index (χ1n) is 6.82. The molecule has 0 radical (unpaired) electrons. The highest BCUT2D eigenvalue weighted by atomic mass is 32.2. The third kappa shape index (κ3) is 3.94. The third-order valence-corrected chi connectivity index (χ3v) is 5.71. The number of aromatic carboxylic acids is 1. The van der Waals surface area contributed by atoms with Crippen molar-refractivity contribution in [2.45, 2.75) is 24.7 Å². The van der Waals surface area contributed by atoms with Crippen molar-refractivity contribution in [1.82, 2.24) is 4.72 Å². The molecule has 118 valence electrons. The van der Waals surface area contributed by atoms with Crippen LogP contribution in [0.15, 0.2) is 40.6 Å². The molecule has 2 rings (SSSR count). The Hall–Kier alpha value is -1.70. The van der Waals surface area contributed by atoms with E-state index in [1.54, 1.807) is 17.4 Å². The minimum Gasteiger partial charge on any atom is -0.478 e. The lowest BCUT2D eigenvalue weighted by Crippen LogP contribution is -2.27. The molecule has 5 nitrogen and oxygen atoms in total. The van der Waals surface area contributed by atoms with Crippen LogP contribution in [0.5, 0.6) is 0 Å². The van der Waals surface area contributed by atoms with E-state index in [-0.39, 0.29) is 17.0 Å². The summed E-state index contributed by atoms with van der Waals surface area (Å²) in [7, 11) is -3.72. The van der Waals surface area contributed by atoms with Crippen molar-refractivity contribution in [3.05, 3.63) is 51.7 Å². The highest BCUT2D eigenvalue weighted by Crippen LogP contribution is 2.19. The zero-order chi connectivity index (χ0) is 16.2. The summed E-state index contributed by atoms with van der Waals surface area (Å²) >= 11 is 1.57. The first-order chi connectivity index (χ1) is 10.4. The molecule has 0 bridgehead atoms. The molecule has 0 aliphatic heterocycles. The van der Waals surface area contributed by atoms with Crippen LogP contribution in [0.1, 0.15) is 27.7 Å². The molecule has 0 saturated heterocycles. The first-order valence-corrected chi connectivity index (χ1v) is 9.18. The van der Waals surface area contributed by atoms with Crippen molar-refractivity contribution >= 4 is 27.3 Å². The zero-order valence-electron chi connectivity index (χ0n) is 12.1. The minimum absolute atomic E-state index is 0.0316. The molecule has 0 amide bonds. The maximum absolute atomic E-state index is 12.4. The molecule has 0 atom stereocenters. The summed E-state index contributed by atoms with van der Waals surface area (Å²) in [5.41, 5.74) is 0.574. The predicted octanol–water partition coefficient (Wildman–Crippen LogP) is 2.53. The number of sulfonamides is 1. The van der Waals surface area contributed by atoms with Crippen LogP contribution in [0.2, 0.25) is 0 Å². The lowest BCUT2D eigenvalue weighted by Gasteiger charge is -2.11. The van der Waals surface area contributed by atoms with Gasteiger partial charge in [0.15, 0.2) is 0 Å². The molecule has 1 heterocycles. The molecule has 0 spiro atoms. The van der Waals surface area contributed by atoms with Gasteiger partial charge in [0.1, 0.15) is 0 Å². The van der Waals surface area contributed by atoms with Crippen LogP contribution in [0.25, 0.3) is 0 Å². The van der Waals surface area contributed by atoms with Gasteiger partial charge in [0.25, 0.3) is 0 Å². The van der Waals surface area contributed by atoms with Gasteiger partial charge < -0.3 is 5.11 Å². The molecule has 0 unspecified atom stereocenters. The van der Waals surface area contributed by atoms with Gasteiger partial charge in [0.05, 0.1) is 10.5 Å². The Kier molecular flexibility index (Phi) is 5.33. The molecular weight excluding hydrogens is 322 g/mol. The summed E-state index contributed by atoms with van der Waals surface area (Å²) in [5, 5.41) is 11.0. The molecule has 7 heteroatoms. The Labute approximate surface area is 133 Å². The smallest absolute Gasteiger partial charge is 0.335 e. The summed E-state index contributed by atoms with van der Waals surface area (Å²) < 4.78 is 27.4. The van der Waals surface area contributed by atoms with E-state index in [0.717, 1.165) is 4.88 Å². The fraction of sp³-hybridized carbons (Fsp3) is 0.267. The lowest BCUT2D eigenvalue weighted by atomic mass is 10.1. The van der Waals surface area contributed by atoms with Crippen molar-refractivity contribution in [1.29, 1.82) is 0 Å². The average Bonchev–Trinajstić information content (AvgIpc) is 2.99. The second-order valence-electron chi connectivity index (χ2n) is 4.71. The molecule has 0 fully saturated rings. The number of carboxylic acids is 1. The summed E-state index contributed by atoms with van der Waals surface area (Å²) in [5.74, 6) is -1.14. The molecule has 1 aromatic carbocycles. The Bertz CT molecular complexity index is 752. The predicted molar refractivity (Wildman–Crippen MR) is 86.0 cm³/mol. The van der Waals surface area contributed by atoms with Gasteiger partial charge in [-0.1, -0.05) is 19.1 Å². The molecule has 2 N–H and O–H groups in total. The van der Waals surface area contributed by atoms with Crippen LogP contribution >= 0.6 is 11.3 Å². The Morgan fingerprint density at radius 3 is 2.68 bits per heavy atom. The molecule has 22 heavy (non-hydrogen) atoms. The quantitative estimate of drug-likeness (QED) is 0.812. The van der Waals surface area contributed by atoms with Gasteiger partial charge in [-0.3, -0.25) is 0 Å². The number of hydrogen-bond acceptors (Lipinski definition) is 4. The van der Waals surface area contributed by atoms with E-state index in [1.165, 1.54) is 12.1 Å². The van der Waals surface area contributed by atoms with E-state index in [9.17, 15) is 13.2 Å². The topological polar surface area (TPSA) is 83.5 Å². The van der Waals surface area contributed by atoms with Crippen LogP contribution in [-0.4, -0.2) is 26.0 Å². The second-order valence-corrected chi connectivity index (χ2v) is 7.48. The maximum atomic E-state index is 12.4. The number of benzene rings is 1. The number of rotatable bonds is 7. The summed E-state index contributed by atoms with van der Waals surface area (Å²) in [6, 6.07) is 8.05. The number of carboxylic acid groups (broad SMARTS) is 1. The van der Waals surface area contributed by atoms with Crippen LogP contribution < -0.4 is 4.72 Å². The van der Waals surface area contributed by atoms with Gasteiger partial charge >= 0.3 is 5.97 Å². The van der Waals surface area contributed by atoms with Gasteiger partial charge in [0, 0.05) is 11.4 Å². The highest BCUT2D eigenvalue weighted by Gasteiger charge is 2.19. The molecular formula is C15H17NO4S2. The van der Waals surface area contributed by atoms with E-state index in [2.05, 4.69) is 4.72 Å². The standard InChI is InChI=1S/C15H17NO4S2/c1-2-11-5-6-12(15(17)18)10-14(11)22(19,20)16-8-7-13-4-3-9-21-13/h3-6,9-10,16H,2,7-8H2,1H3,(H,17,18). The van der Waals surface area contributed by atoms with E-state index < -0.39 is 16.0 Å². The summed E-state index contributed by atoms with van der Waals surface area (Å²) in [6.07, 6.45) is 1.12. The molecule has 0 aliphatic carbocycles. The SMILES string of the molecule is CCc1ccc(C(=O)O)cc1S(=O)(=O)NCCc1cccs1. The highest BCUT2D eigenvalue weighted by molar-refractivity contribution is 7.89. The maximum Gasteiger partial charge on any atom is 0.335 e. The third-order valence-electron chi connectivity index (χ3n) is 3.23. The first kappa shape index (κ1) is 16.7. The minimum atomic E-state index is -3.72. The van der Waals surface area contributed by atoms with E-state index in [0.29, 0.717) is 18.4 Å². The van der Waals surface area contributed by atoms with Crippen LogP contribution in [0.4, 0.5) is 0 Å². The Morgan fingerprint density at radius 1 is 1.32 bits per heavy atom. The van der Waals surface area contributed by atoms with Gasteiger partial charge in [0.2, 0.25) is 10.0 Å². The number of hydrogen-bond donors (Lipinski definition) is 2. The largest absolute Gasteiger partial charge is 0.478 e. The Morgan fingerprint density at radius 2 is 2.09 bits per heavy atom. The van der Waals surface area contributed by atoms with Crippen LogP contribution in [0.3, 0.4) is 0 Å². The lowest BCUT2D eigenvalue weighted by molar-refractivity contribution is 0.0696. The fourth-order valence-corrected chi connectivity index (χ4v) is 4.15. The number of nitrogens with one attached hydrogen (secondary N) is 1. The van der Waals surface area contributed by atoms with Crippen molar-refractivity contribution < 1.29 is 18.3 Å². The van der Waals surface area contributed by atoms with Gasteiger partial charge in [-0.05, 0) is 42.0 Å². The molecule has 2 aromatic rings. The van der Waals surface area contributed by atoms with Gasteiger partial charge in [-0.15, -0.1) is 11.3 Å². The van der Waals surface area contributed by atoms with E-state index >= 15 is 0 Å². The van der Waals surface area contributed by atoms with Crippen molar-refractivity contribution in [3.8, 4) is 0 Å². The normalized spacial score (nSPS) is 11.5.